The minimum absolute atomic E-state index is 0.208. The molecule has 21 heavy (non-hydrogen) atoms. The number of ether oxygens (including phenoxy) is 1. The lowest BCUT2D eigenvalue weighted by molar-refractivity contribution is -0.0163. The van der Waals surface area contributed by atoms with Crippen molar-refractivity contribution < 1.29 is 9.53 Å². The molecule has 0 aliphatic carbocycles. The number of carbonyl (C=O) groups excluding carboxylic acids is 1. The second kappa shape index (κ2) is 5.05. The number of aromatic nitrogens is 1. The third kappa shape index (κ3) is 2.93. The predicted molar refractivity (Wildman–Crippen MR) is 81.7 cm³/mol. The van der Waals surface area contributed by atoms with Crippen LogP contribution in [0, 0.1) is 5.92 Å². The molecule has 0 radical (unpaired) electrons. The molecule has 2 aliphatic heterocycles. The smallest absolute Gasteiger partial charge is 0.410 e. The third-order valence-electron chi connectivity index (χ3n) is 3.94. The van der Waals surface area contributed by atoms with Gasteiger partial charge in [0.2, 0.25) is 0 Å². The van der Waals surface area contributed by atoms with Crippen LogP contribution < -0.4 is 4.90 Å². The Kier molecular flexibility index (Phi) is 3.48. The van der Waals surface area contributed by atoms with Gasteiger partial charge in [0, 0.05) is 25.6 Å². The van der Waals surface area contributed by atoms with E-state index in [4.69, 9.17) is 16.3 Å². The number of hydrogen-bond donors (Lipinski definition) is 0. The zero-order valence-corrected chi connectivity index (χ0v) is 13.3. The minimum Gasteiger partial charge on any atom is -0.444 e. The molecule has 3 heterocycles. The molecule has 0 N–H and O–H groups in total. The first-order valence-electron chi connectivity index (χ1n) is 7.19. The average Bonchev–Trinajstić information content (AvgIpc) is 2.66. The summed E-state index contributed by atoms with van der Waals surface area (Å²) in [6, 6.07) is 4.01. The number of carbonyl (C=O) groups is 1. The van der Waals surface area contributed by atoms with Gasteiger partial charge in [0.1, 0.15) is 10.8 Å². The van der Waals surface area contributed by atoms with E-state index in [1.165, 1.54) is 0 Å². The number of halogens is 1. The molecule has 0 bridgehead atoms. The lowest BCUT2D eigenvalue weighted by Crippen LogP contribution is -2.59. The van der Waals surface area contributed by atoms with Gasteiger partial charge in [-0.1, -0.05) is 11.6 Å². The molecule has 0 spiro atoms. The highest BCUT2D eigenvalue weighted by Gasteiger charge is 2.49. The highest BCUT2D eigenvalue weighted by Crippen LogP contribution is 2.35. The molecule has 0 aromatic carbocycles. The van der Waals surface area contributed by atoms with Crippen molar-refractivity contribution in [1.29, 1.82) is 0 Å². The van der Waals surface area contributed by atoms with Crippen LogP contribution >= 0.6 is 11.6 Å². The van der Waals surface area contributed by atoms with Crippen molar-refractivity contribution in [3.05, 3.63) is 23.5 Å². The van der Waals surface area contributed by atoms with Crippen LogP contribution in [0.1, 0.15) is 20.8 Å². The Morgan fingerprint density at radius 3 is 2.71 bits per heavy atom. The van der Waals surface area contributed by atoms with Crippen molar-refractivity contribution in [2.24, 2.45) is 5.92 Å². The standard InChI is InChI=1S/C15H20ClN3O2/c1-15(2,3)21-14(20)19-8-10-7-18(9-12(10)19)11-4-5-13(16)17-6-11/h4-6,10,12H,7-9H2,1-3H3/t10-,12-/m1/s1. The van der Waals surface area contributed by atoms with Crippen molar-refractivity contribution in [2.45, 2.75) is 32.4 Å². The van der Waals surface area contributed by atoms with Gasteiger partial charge in [-0.2, -0.15) is 0 Å². The van der Waals surface area contributed by atoms with E-state index in [9.17, 15) is 4.79 Å². The highest BCUT2D eigenvalue weighted by molar-refractivity contribution is 6.29. The number of hydrogen-bond acceptors (Lipinski definition) is 4. The summed E-state index contributed by atoms with van der Waals surface area (Å²) in [6.07, 6.45) is 1.57. The molecule has 5 nitrogen and oxygen atoms in total. The Hall–Kier alpha value is -1.49. The molecule has 2 atom stereocenters. The largest absolute Gasteiger partial charge is 0.444 e. The van der Waals surface area contributed by atoms with Gasteiger partial charge in [-0.3, -0.25) is 0 Å². The number of likely N-dealkylation sites (tertiary alicyclic amines) is 1. The van der Waals surface area contributed by atoms with Crippen molar-refractivity contribution in [3.63, 3.8) is 0 Å². The van der Waals surface area contributed by atoms with Gasteiger partial charge in [0.05, 0.1) is 17.9 Å². The first-order chi connectivity index (χ1) is 9.83. The van der Waals surface area contributed by atoms with E-state index in [2.05, 4.69) is 9.88 Å². The number of fused-ring (bicyclic) bond motifs is 1. The van der Waals surface area contributed by atoms with E-state index in [0.29, 0.717) is 11.1 Å². The number of nitrogens with zero attached hydrogens (tertiary/aromatic N) is 3. The van der Waals surface area contributed by atoms with Crippen LogP contribution in [0.2, 0.25) is 5.15 Å². The molecular formula is C15H20ClN3O2. The average molecular weight is 310 g/mol. The molecule has 0 saturated carbocycles. The number of pyridine rings is 1. The van der Waals surface area contributed by atoms with Gasteiger partial charge in [-0.05, 0) is 32.9 Å². The highest BCUT2D eigenvalue weighted by atomic mass is 35.5. The van der Waals surface area contributed by atoms with E-state index < -0.39 is 5.60 Å². The van der Waals surface area contributed by atoms with E-state index in [0.717, 1.165) is 25.3 Å². The molecule has 114 valence electrons. The lowest BCUT2D eigenvalue weighted by Gasteiger charge is -2.43. The minimum atomic E-state index is -0.444. The van der Waals surface area contributed by atoms with Gasteiger partial charge in [-0.25, -0.2) is 9.78 Å². The van der Waals surface area contributed by atoms with Crippen LogP contribution in [-0.2, 0) is 4.74 Å². The summed E-state index contributed by atoms with van der Waals surface area (Å²) in [7, 11) is 0. The Morgan fingerprint density at radius 2 is 2.10 bits per heavy atom. The second-order valence-electron chi connectivity index (χ2n) is 6.70. The third-order valence-corrected chi connectivity index (χ3v) is 4.17. The molecule has 1 aromatic rings. The number of anilines is 1. The Labute approximate surface area is 129 Å². The zero-order valence-electron chi connectivity index (χ0n) is 12.5. The molecule has 1 amide bonds. The Morgan fingerprint density at radius 1 is 1.33 bits per heavy atom. The van der Waals surface area contributed by atoms with Gasteiger partial charge >= 0.3 is 6.09 Å². The van der Waals surface area contributed by atoms with Crippen LogP contribution in [0.5, 0.6) is 0 Å². The van der Waals surface area contributed by atoms with Crippen LogP contribution in [0.4, 0.5) is 10.5 Å². The summed E-state index contributed by atoms with van der Waals surface area (Å²) >= 11 is 5.82. The molecule has 3 rings (SSSR count). The number of rotatable bonds is 1. The molecular weight excluding hydrogens is 290 g/mol. The first kappa shape index (κ1) is 14.4. The van der Waals surface area contributed by atoms with Gasteiger partial charge in [0.25, 0.3) is 0 Å². The van der Waals surface area contributed by atoms with E-state index in [1.807, 2.05) is 31.7 Å². The normalized spacial score (nSPS) is 24.6. The van der Waals surface area contributed by atoms with Crippen molar-refractivity contribution in [2.75, 3.05) is 24.5 Å². The Bertz CT molecular complexity index is 541. The fourth-order valence-electron chi connectivity index (χ4n) is 2.93. The van der Waals surface area contributed by atoms with Gasteiger partial charge in [-0.15, -0.1) is 0 Å². The summed E-state index contributed by atoms with van der Waals surface area (Å²) < 4.78 is 5.45. The fraction of sp³-hybridized carbons (Fsp3) is 0.600. The summed E-state index contributed by atoms with van der Waals surface area (Å²) in [4.78, 5) is 20.3. The van der Waals surface area contributed by atoms with Crippen LogP contribution in [0.25, 0.3) is 0 Å². The molecule has 2 aliphatic rings. The molecule has 2 fully saturated rings. The Balaban J connectivity index is 1.63. The predicted octanol–water partition coefficient (Wildman–Crippen LogP) is 2.79. The van der Waals surface area contributed by atoms with Crippen LogP contribution in [-0.4, -0.2) is 47.3 Å². The summed E-state index contributed by atoms with van der Waals surface area (Å²) in [6.45, 7) is 8.23. The molecule has 6 heteroatoms. The maximum absolute atomic E-state index is 12.1. The lowest BCUT2D eigenvalue weighted by atomic mass is 9.93. The van der Waals surface area contributed by atoms with Crippen molar-refractivity contribution >= 4 is 23.4 Å². The molecule has 2 saturated heterocycles. The van der Waals surface area contributed by atoms with Gasteiger partial charge in [0.15, 0.2) is 0 Å². The van der Waals surface area contributed by atoms with E-state index in [1.54, 1.807) is 12.3 Å². The van der Waals surface area contributed by atoms with Crippen LogP contribution in [0.15, 0.2) is 18.3 Å². The zero-order chi connectivity index (χ0) is 15.2. The maximum Gasteiger partial charge on any atom is 0.410 e. The first-order valence-corrected chi connectivity index (χ1v) is 7.57. The van der Waals surface area contributed by atoms with Crippen LogP contribution in [0.3, 0.4) is 0 Å². The van der Waals surface area contributed by atoms with E-state index in [-0.39, 0.29) is 12.1 Å². The summed E-state index contributed by atoms with van der Waals surface area (Å²) in [5, 5.41) is 0.497. The summed E-state index contributed by atoms with van der Waals surface area (Å²) in [5.41, 5.74) is 0.610. The summed E-state index contributed by atoms with van der Waals surface area (Å²) in [5.74, 6) is 0.521. The monoisotopic (exact) mass is 309 g/mol. The quantitative estimate of drug-likeness (QED) is 0.748. The topological polar surface area (TPSA) is 45.7 Å². The second-order valence-corrected chi connectivity index (χ2v) is 7.09. The maximum atomic E-state index is 12.1. The molecule has 1 aromatic heterocycles. The van der Waals surface area contributed by atoms with E-state index >= 15 is 0 Å². The van der Waals surface area contributed by atoms with Crippen molar-refractivity contribution in [3.8, 4) is 0 Å². The molecule has 0 unspecified atom stereocenters. The SMILES string of the molecule is CC(C)(C)OC(=O)N1C[C@H]2CN(c3ccc(Cl)nc3)C[C@H]21. The van der Waals surface area contributed by atoms with Gasteiger partial charge < -0.3 is 14.5 Å². The van der Waals surface area contributed by atoms with Crippen molar-refractivity contribution in [1.82, 2.24) is 9.88 Å². The fourth-order valence-corrected chi connectivity index (χ4v) is 3.04. The number of amides is 1.